The number of nitrogens with zero attached hydrogens (tertiary/aromatic N) is 3. The highest BCUT2D eigenvalue weighted by molar-refractivity contribution is 5.32. The summed E-state index contributed by atoms with van der Waals surface area (Å²) in [6.07, 6.45) is 7.78. The molecule has 0 aliphatic heterocycles. The minimum absolute atomic E-state index is 0.836. The fourth-order valence-electron chi connectivity index (χ4n) is 4.06. The van der Waals surface area contributed by atoms with Gasteiger partial charge in [-0.05, 0) is 51.0 Å². The van der Waals surface area contributed by atoms with E-state index in [2.05, 4.69) is 34.2 Å². The normalized spacial score (nSPS) is 28.1. The standard InChI is InChI=1S/C16H26N4/c1-11-15(8-17-2)9-18-16(19-11)20(3)10-14-7-12-4-5-13(14)6-12/h9,12-14,17H,4-8,10H2,1-3H3. The van der Waals surface area contributed by atoms with E-state index < -0.39 is 0 Å². The van der Waals surface area contributed by atoms with Crippen molar-refractivity contribution in [2.24, 2.45) is 17.8 Å². The molecule has 2 aliphatic rings. The van der Waals surface area contributed by atoms with Gasteiger partial charge in [0.05, 0.1) is 0 Å². The van der Waals surface area contributed by atoms with Crippen molar-refractivity contribution in [1.29, 1.82) is 0 Å². The van der Waals surface area contributed by atoms with Crippen LogP contribution in [0.1, 0.15) is 36.9 Å². The Morgan fingerprint density at radius 1 is 1.35 bits per heavy atom. The maximum Gasteiger partial charge on any atom is 0.225 e. The fraction of sp³-hybridized carbons (Fsp3) is 0.750. The minimum atomic E-state index is 0.836. The molecule has 4 nitrogen and oxygen atoms in total. The molecule has 3 atom stereocenters. The first-order chi connectivity index (χ1) is 9.67. The quantitative estimate of drug-likeness (QED) is 0.895. The largest absolute Gasteiger partial charge is 0.344 e. The zero-order valence-electron chi connectivity index (χ0n) is 12.9. The van der Waals surface area contributed by atoms with Crippen molar-refractivity contribution in [2.45, 2.75) is 39.2 Å². The van der Waals surface area contributed by atoms with Crippen molar-refractivity contribution in [3.8, 4) is 0 Å². The molecule has 1 heterocycles. The van der Waals surface area contributed by atoms with Gasteiger partial charge < -0.3 is 10.2 Å². The van der Waals surface area contributed by atoms with Crippen LogP contribution in [0.3, 0.4) is 0 Å². The lowest BCUT2D eigenvalue weighted by Gasteiger charge is -2.27. The van der Waals surface area contributed by atoms with Gasteiger partial charge in [-0.25, -0.2) is 9.97 Å². The van der Waals surface area contributed by atoms with Crippen LogP contribution in [0.2, 0.25) is 0 Å². The zero-order valence-corrected chi connectivity index (χ0v) is 12.9. The van der Waals surface area contributed by atoms with Crippen molar-refractivity contribution in [3.05, 3.63) is 17.5 Å². The highest BCUT2D eigenvalue weighted by atomic mass is 15.2. The molecule has 0 radical (unpaired) electrons. The second-order valence-electron chi connectivity index (χ2n) is 6.63. The molecule has 0 saturated heterocycles. The Balaban J connectivity index is 1.65. The van der Waals surface area contributed by atoms with Crippen LogP contribution >= 0.6 is 0 Å². The van der Waals surface area contributed by atoms with Crippen LogP contribution < -0.4 is 10.2 Å². The van der Waals surface area contributed by atoms with E-state index in [-0.39, 0.29) is 0 Å². The summed E-state index contributed by atoms with van der Waals surface area (Å²) in [5, 5.41) is 3.16. The van der Waals surface area contributed by atoms with E-state index >= 15 is 0 Å². The Kier molecular flexibility index (Phi) is 3.92. The number of rotatable bonds is 5. The van der Waals surface area contributed by atoms with E-state index in [0.29, 0.717) is 0 Å². The van der Waals surface area contributed by atoms with Crippen molar-refractivity contribution in [3.63, 3.8) is 0 Å². The molecule has 2 bridgehead atoms. The lowest BCUT2D eigenvalue weighted by molar-refractivity contribution is 0.336. The first-order valence-corrected chi connectivity index (χ1v) is 7.85. The lowest BCUT2D eigenvalue weighted by atomic mass is 9.88. The van der Waals surface area contributed by atoms with Gasteiger partial charge in [0.15, 0.2) is 0 Å². The van der Waals surface area contributed by atoms with Gasteiger partial charge in [-0.15, -0.1) is 0 Å². The second kappa shape index (κ2) is 5.68. The molecule has 1 aromatic rings. The van der Waals surface area contributed by atoms with E-state index in [1.807, 2.05) is 13.2 Å². The molecular formula is C16H26N4. The third kappa shape index (κ3) is 2.66. The van der Waals surface area contributed by atoms with Gasteiger partial charge in [0.1, 0.15) is 0 Å². The van der Waals surface area contributed by atoms with Crippen LogP contribution in [-0.2, 0) is 6.54 Å². The topological polar surface area (TPSA) is 41.1 Å². The van der Waals surface area contributed by atoms with E-state index in [1.165, 1.54) is 31.2 Å². The summed E-state index contributed by atoms with van der Waals surface area (Å²) in [6.45, 7) is 4.03. The molecule has 2 saturated carbocycles. The van der Waals surface area contributed by atoms with E-state index in [4.69, 9.17) is 0 Å². The molecule has 4 heteroatoms. The zero-order chi connectivity index (χ0) is 14.1. The molecule has 0 amide bonds. The van der Waals surface area contributed by atoms with Crippen LogP contribution in [0, 0.1) is 24.7 Å². The van der Waals surface area contributed by atoms with Gasteiger partial charge in [-0.3, -0.25) is 0 Å². The monoisotopic (exact) mass is 274 g/mol. The molecule has 3 unspecified atom stereocenters. The number of fused-ring (bicyclic) bond motifs is 2. The maximum absolute atomic E-state index is 4.67. The lowest BCUT2D eigenvalue weighted by Crippen LogP contribution is -2.30. The van der Waals surface area contributed by atoms with Crippen LogP contribution in [0.25, 0.3) is 0 Å². The molecule has 0 aromatic carbocycles. The number of anilines is 1. The molecule has 1 N–H and O–H groups in total. The molecule has 1 aromatic heterocycles. The molecule has 3 rings (SSSR count). The van der Waals surface area contributed by atoms with E-state index in [0.717, 1.165) is 42.5 Å². The first kappa shape index (κ1) is 13.8. The smallest absolute Gasteiger partial charge is 0.225 e. The summed E-state index contributed by atoms with van der Waals surface area (Å²) in [7, 11) is 4.09. The summed E-state index contributed by atoms with van der Waals surface area (Å²) >= 11 is 0. The third-order valence-corrected chi connectivity index (χ3v) is 5.17. The average molecular weight is 274 g/mol. The number of aryl methyl sites for hydroxylation is 1. The first-order valence-electron chi connectivity index (χ1n) is 7.85. The second-order valence-corrected chi connectivity index (χ2v) is 6.63. The summed E-state index contributed by atoms with van der Waals surface area (Å²) in [5.41, 5.74) is 2.27. The Morgan fingerprint density at radius 2 is 2.20 bits per heavy atom. The van der Waals surface area contributed by atoms with Gasteiger partial charge in [0.2, 0.25) is 5.95 Å². The molecule has 2 aliphatic carbocycles. The van der Waals surface area contributed by atoms with Gasteiger partial charge in [-0.1, -0.05) is 6.42 Å². The van der Waals surface area contributed by atoms with Crippen LogP contribution in [0.5, 0.6) is 0 Å². The predicted octanol–water partition coefficient (Wildman–Crippen LogP) is 2.38. The van der Waals surface area contributed by atoms with Gasteiger partial charge in [-0.2, -0.15) is 0 Å². The third-order valence-electron chi connectivity index (χ3n) is 5.17. The summed E-state index contributed by atoms with van der Waals surface area (Å²) in [6, 6.07) is 0. The van der Waals surface area contributed by atoms with E-state index in [1.54, 1.807) is 0 Å². The summed E-state index contributed by atoms with van der Waals surface area (Å²) in [4.78, 5) is 11.5. The number of nitrogens with one attached hydrogen (secondary N) is 1. The molecule has 20 heavy (non-hydrogen) atoms. The van der Waals surface area contributed by atoms with Gasteiger partial charge >= 0.3 is 0 Å². The predicted molar refractivity (Wildman–Crippen MR) is 81.7 cm³/mol. The van der Waals surface area contributed by atoms with Gasteiger partial charge in [0.25, 0.3) is 0 Å². The highest BCUT2D eigenvalue weighted by Gasteiger charge is 2.39. The maximum atomic E-state index is 4.67. The molecular weight excluding hydrogens is 248 g/mol. The van der Waals surface area contributed by atoms with Crippen LogP contribution in [0.15, 0.2) is 6.20 Å². The Morgan fingerprint density at radius 3 is 2.80 bits per heavy atom. The number of hydrogen-bond acceptors (Lipinski definition) is 4. The summed E-state index contributed by atoms with van der Waals surface area (Å²) in [5.74, 6) is 3.72. The van der Waals surface area contributed by atoms with Crippen molar-refractivity contribution < 1.29 is 0 Å². The average Bonchev–Trinajstić information content (AvgIpc) is 3.03. The Bertz CT molecular complexity index is 474. The molecule has 110 valence electrons. The van der Waals surface area contributed by atoms with Crippen molar-refractivity contribution >= 4 is 5.95 Å². The Hall–Kier alpha value is -1.16. The number of hydrogen-bond donors (Lipinski definition) is 1. The Labute approximate surface area is 122 Å². The number of aromatic nitrogens is 2. The van der Waals surface area contributed by atoms with Gasteiger partial charge in [0, 0.05) is 37.6 Å². The molecule has 2 fully saturated rings. The van der Waals surface area contributed by atoms with Crippen LogP contribution in [0.4, 0.5) is 5.95 Å². The molecule has 0 spiro atoms. The fourth-order valence-corrected chi connectivity index (χ4v) is 4.06. The van der Waals surface area contributed by atoms with Crippen molar-refractivity contribution in [2.75, 3.05) is 25.5 Å². The minimum Gasteiger partial charge on any atom is -0.344 e. The van der Waals surface area contributed by atoms with Crippen LogP contribution in [-0.4, -0.2) is 30.6 Å². The van der Waals surface area contributed by atoms with Crippen molar-refractivity contribution in [1.82, 2.24) is 15.3 Å². The highest BCUT2D eigenvalue weighted by Crippen LogP contribution is 2.48. The summed E-state index contributed by atoms with van der Waals surface area (Å²) < 4.78 is 0. The van der Waals surface area contributed by atoms with E-state index in [9.17, 15) is 0 Å². The SMILES string of the molecule is CNCc1cnc(N(C)CC2CC3CCC2C3)nc1C.